The van der Waals surface area contributed by atoms with Gasteiger partial charge in [0.2, 0.25) is 0 Å². The molecular formula is C14H26N5O2PS. The lowest BCUT2D eigenvalue weighted by Crippen LogP contribution is -2.36. The number of amides is 2. The molecule has 1 aromatic rings. The zero-order chi connectivity index (χ0) is 17.5. The van der Waals surface area contributed by atoms with Crippen LogP contribution in [-0.4, -0.2) is 47.8 Å². The Morgan fingerprint density at radius 1 is 1.26 bits per heavy atom. The van der Waals surface area contributed by atoms with Gasteiger partial charge in [0.1, 0.15) is 12.1 Å². The number of carbonyl (C=O) groups is 1. The first-order valence-corrected chi connectivity index (χ1v) is 10.4. The molecule has 0 atom stereocenters. The average molecular weight is 359 g/mol. The number of nitrogens with one attached hydrogen (secondary N) is 1. The lowest BCUT2D eigenvalue weighted by Gasteiger charge is -2.39. The molecule has 3 N–H and O–H groups in total. The molecule has 23 heavy (non-hydrogen) atoms. The lowest BCUT2D eigenvalue weighted by molar-refractivity contribution is 0.249. The molecule has 1 aromatic heterocycles. The molecule has 0 fully saturated rings. The van der Waals surface area contributed by atoms with Crippen molar-refractivity contribution >= 4 is 35.9 Å². The zero-order valence-electron chi connectivity index (χ0n) is 14.2. The number of primary amides is 1. The molecule has 0 aliphatic rings. The van der Waals surface area contributed by atoms with E-state index in [1.807, 2.05) is 6.07 Å². The van der Waals surface area contributed by atoms with Gasteiger partial charge < -0.3 is 10.2 Å². The minimum atomic E-state index is -2.16. The fraction of sp³-hybridized carbons (Fsp3) is 0.571. The van der Waals surface area contributed by atoms with Gasteiger partial charge in [0.15, 0.2) is 5.50 Å². The standard InChI is InChI=1S/C14H26N5O2PS/c1-5-18(6-2)22(23,19(7-3)8-4)13-10-9-12(21-13)11-16-17-14(15)20/h9-11H,5-8H2,1-4H3,(H3,15,17,20)/b16-11+. The van der Waals surface area contributed by atoms with Gasteiger partial charge in [0, 0.05) is 26.2 Å². The van der Waals surface area contributed by atoms with Crippen LogP contribution in [0.1, 0.15) is 33.5 Å². The Hall–Kier alpha value is -1.21. The maximum atomic E-state index is 10.6. The van der Waals surface area contributed by atoms with Gasteiger partial charge in [-0.25, -0.2) is 10.2 Å². The maximum Gasteiger partial charge on any atom is 0.332 e. The second kappa shape index (κ2) is 9.17. The first-order chi connectivity index (χ1) is 10.9. The van der Waals surface area contributed by atoms with Gasteiger partial charge in [-0.2, -0.15) is 5.10 Å². The third-order valence-electron chi connectivity index (χ3n) is 3.49. The largest absolute Gasteiger partial charge is 0.452 e. The van der Waals surface area contributed by atoms with Gasteiger partial charge in [0.25, 0.3) is 0 Å². The Morgan fingerprint density at radius 3 is 2.22 bits per heavy atom. The SMILES string of the molecule is CCN(CC)P(=S)(c1ccc(/C=N/NC(N)=O)o1)N(CC)CC. The summed E-state index contributed by atoms with van der Waals surface area (Å²) in [6, 6.07) is 2.99. The van der Waals surface area contributed by atoms with Gasteiger partial charge in [-0.05, 0) is 12.1 Å². The fourth-order valence-corrected chi connectivity index (χ4v) is 7.02. The van der Waals surface area contributed by atoms with Crippen molar-refractivity contribution in [2.45, 2.75) is 27.7 Å². The highest BCUT2D eigenvalue weighted by Crippen LogP contribution is 2.52. The fourth-order valence-electron chi connectivity index (χ4n) is 2.40. The smallest absolute Gasteiger partial charge is 0.332 e. The molecule has 0 radical (unpaired) electrons. The molecule has 0 aromatic carbocycles. The van der Waals surface area contributed by atoms with Crippen LogP contribution >= 0.6 is 6.34 Å². The predicted molar refractivity (Wildman–Crippen MR) is 98.8 cm³/mol. The zero-order valence-corrected chi connectivity index (χ0v) is 15.9. The number of urea groups is 1. The average Bonchev–Trinajstić information content (AvgIpc) is 2.98. The Labute approximate surface area is 143 Å². The molecule has 0 spiro atoms. The second-order valence-electron chi connectivity index (χ2n) is 4.73. The summed E-state index contributed by atoms with van der Waals surface area (Å²) in [5.41, 5.74) is 7.88. The van der Waals surface area contributed by atoms with E-state index < -0.39 is 12.4 Å². The molecule has 130 valence electrons. The predicted octanol–water partition coefficient (Wildman–Crippen LogP) is 1.90. The number of carbonyl (C=O) groups excluding carboxylic acids is 1. The Balaban J connectivity index is 3.18. The van der Waals surface area contributed by atoms with Crippen molar-refractivity contribution in [3.05, 3.63) is 17.9 Å². The van der Waals surface area contributed by atoms with E-state index >= 15 is 0 Å². The molecule has 7 nitrogen and oxygen atoms in total. The van der Waals surface area contributed by atoms with Crippen LogP contribution in [0, 0.1) is 0 Å². The first kappa shape index (κ1) is 19.8. The van der Waals surface area contributed by atoms with Gasteiger partial charge in [-0.3, -0.25) is 9.34 Å². The Bertz CT molecular complexity index is 565. The van der Waals surface area contributed by atoms with E-state index in [1.165, 1.54) is 6.21 Å². The summed E-state index contributed by atoms with van der Waals surface area (Å²) in [5, 5.41) is 3.71. The molecular weight excluding hydrogens is 333 g/mol. The van der Waals surface area contributed by atoms with E-state index in [4.69, 9.17) is 22.0 Å². The number of rotatable bonds is 9. The summed E-state index contributed by atoms with van der Waals surface area (Å²) in [6.45, 7) is 11.9. The van der Waals surface area contributed by atoms with E-state index in [2.05, 4.69) is 47.6 Å². The molecule has 1 rings (SSSR count). The van der Waals surface area contributed by atoms with Crippen molar-refractivity contribution < 1.29 is 9.21 Å². The normalized spacial score (nSPS) is 12.4. The van der Waals surface area contributed by atoms with Crippen molar-refractivity contribution in [2.24, 2.45) is 10.8 Å². The molecule has 0 unspecified atom stereocenters. The number of nitrogens with zero attached hydrogens (tertiary/aromatic N) is 3. The van der Waals surface area contributed by atoms with Crippen molar-refractivity contribution in [3.63, 3.8) is 0 Å². The Morgan fingerprint density at radius 2 is 1.78 bits per heavy atom. The maximum absolute atomic E-state index is 10.6. The molecule has 0 aliphatic carbocycles. The van der Waals surface area contributed by atoms with Gasteiger partial charge in [-0.1, -0.05) is 39.5 Å². The summed E-state index contributed by atoms with van der Waals surface area (Å²) in [7, 11) is 0. The molecule has 0 bridgehead atoms. The third kappa shape index (κ3) is 4.64. The topological polar surface area (TPSA) is 87.1 Å². The van der Waals surface area contributed by atoms with Crippen LogP contribution in [0.25, 0.3) is 0 Å². The summed E-state index contributed by atoms with van der Waals surface area (Å²) in [5.74, 6) is 0.530. The van der Waals surface area contributed by atoms with E-state index in [0.29, 0.717) is 5.76 Å². The number of hydrogen-bond donors (Lipinski definition) is 2. The second-order valence-corrected chi connectivity index (χ2v) is 8.92. The van der Waals surface area contributed by atoms with Crippen LogP contribution in [0.2, 0.25) is 0 Å². The monoisotopic (exact) mass is 359 g/mol. The van der Waals surface area contributed by atoms with Crippen LogP contribution in [-0.2, 0) is 11.8 Å². The number of furan rings is 1. The van der Waals surface area contributed by atoms with Crippen LogP contribution in [0.4, 0.5) is 4.79 Å². The summed E-state index contributed by atoms with van der Waals surface area (Å²) in [4.78, 5) is 10.6. The highest BCUT2D eigenvalue weighted by atomic mass is 32.4. The van der Waals surface area contributed by atoms with E-state index in [0.717, 1.165) is 31.7 Å². The minimum absolute atomic E-state index is 0.530. The van der Waals surface area contributed by atoms with E-state index in [9.17, 15) is 4.79 Å². The lowest BCUT2D eigenvalue weighted by atomic mass is 10.5. The van der Waals surface area contributed by atoms with Gasteiger partial charge >= 0.3 is 6.03 Å². The van der Waals surface area contributed by atoms with Crippen LogP contribution in [0.15, 0.2) is 21.7 Å². The Kier molecular flexibility index (Phi) is 7.91. The van der Waals surface area contributed by atoms with E-state index in [1.54, 1.807) is 6.07 Å². The van der Waals surface area contributed by atoms with Crippen molar-refractivity contribution in [1.29, 1.82) is 0 Å². The number of nitrogens with two attached hydrogens (primary N) is 1. The van der Waals surface area contributed by atoms with Crippen LogP contribution < -0.4 is 16.7 Å². The van der Waals surface area contributed by atoms with Crippen molar-refractivity contribution in [1.82, 2.24) is 14.8 Å². The number of hydrogen-bond acceptors (Lipinski definition) is 4. The van der Waals surface area contributed by atoms with Crippen molar-refractivity contribution in [3.8, 4) is 0 Å². The van der Waals surface area contributed by atoms with Crippen LogP contribution in [0.5, 0.6) is 0 Å². The molecule has 0 saturated carbocycles. The summed E-state index contributed by atoms with van der Waals surface area (Å²) in [6.07, 6.45) is -0.748. The number of hydrazone groups is 1. The van der Waals surface area contributed by atoms with Crippen molar-refractivity contribution in [2.75, 3.05) is 26.2 Å². The highest BCUT2D eigenvalue weighted by molar-refractivity contribution is 8.15. The molecule has 9 heteroatoms. The molecule has 0 saturated heterocycles. The quantitative estimate of drug-likeness (QED) is 0.399. The first-order valence-electron chi connectivity index (χ1n) is 7.73. The highest BCUT2D eigenvalue weighted by Gasteiger charge is 2.34. The molecule has 1 heterocycles. The summed E-state index contributed by atoms with van der Waals surface area (Å²) < 4.78 is 10.5. The molecule has 0 aliphatic heterocycles. The van der Waals surface area contributed by atoms with Gasteiger partial charge in [0.05, 0.1) is 6.21 Å². The molecule has 2 amide bonds. The summed E-state index contributed by atoms with van der Waals surface area (Å²) >= 11 is 6.11. The van der Waals surface area contributed by atoms with Crippen LogP contribution in [0.3, 0.4) is 0 Å². The third-order valence-corrected chi connectivity index (χ3v) is 8.90. The van der Waals surface area contributed by atoms with E-state index in [-0.39, 0.29) is 0 Å². The van der Waals surface area contributed by atoms with Gasteiger partial charge in [-0.15, -0.1) is 0 Å². The minimum Gasteiger partial charge on any atom is -0.452 e.